The summed E-state index contributed by atoms with van der Waals surface area (Å²) in [5.41, 5.74) is 3.36. The summed E-state index contributed by atoms with van der Waals surface area (Å²) in [7, 11) is 0. The average Bonchev–Trinajstić information content (AvgIpc) is 3.26. The summed E-state index contributed by atoms with van der Waals surface area (Å²) < 4.78 is 3.96. The smallest absolute Gasteiger partial charge is 0.161 e. The number of imidazole rings is 1. The molecule has 7 heteroatoms. The number of rotatable bonds is 3. The Kier molecular flexibility index (Phi) is 3.53. The molecule has 1 aliphatic rings. The van der Waals surface area contributed by atoms with E-state index in [4.69, 9.17) is 0 Å². The molecular formula is C17H17N5OS. The predicted octanol–water partition coefficient (Wildman–Crippen LogP) is 3.43. The lowest BCUT2D eigenvalue weighted by Gasteiger charge is -2.13. The highest BCUT2D eigenvalue weighted by Crippen LogP contribution is 2.43. The first-order chi connectivity index (χ1) is 11.6. The van der Waals surface area contributed by atoms with E-state index in [2.05, 4.69) is 28.2 Å². The lowest BCUT2D eigenvalue weighted by molar-refractivity contribution is 0.112. The second kappa shape index (κ2) is 5.59. The van der Waals surface area contributed by atoms with Gasteiger partial charge in [0.2, 0.25) is 0 Å². The number of pyridine rings is 1. The molecule has 0 amide bonds. The summed E-state index contributed by atoms with van der Waals surface area (Å²) in [6.07, 6.45) is 7.86. The van der Waals surface area contributed by atoms with Gasteiger partial charge in [-0.05, 0) is 38.2 Å². The first kappa shape index (κ1) is 15.1. The molecule has 0 fully saturated rings. The van der Waals surface area contributed by atoms with E-state index in [1.807, 2.05) is 53.0 Å². The number of aryl methyl sites for hydroxylation is 2. The fourth-order valence-electron chi connectivity index (χ4n) is 3.17. The van der Waals surface area contributed by atoms with Crippen LogP contribution in [0.5, 0.6) is 0 Å². The molecule has 1 unspecified atom stereocenters. The molecule has 3 aromatic rings. The Morgan fingerprint density at radius 3 is 2.62 bits per heavy atom. The van der Waals surface area contributed by atoms with Crippen LogP contribution in [0.1, 0.15) is 46.3 Å². The third-order valence-corrected chi connectivity index (χ3v) is 5.53. The predicted molar refractivity (Wildman–Crippen MR) is 93.7 cm³/mol. The molecule has 0 aromatic carbocycles. The number of aldehydes is 1. The van der Waals surface area contributed by atoms with E-state index in [1.54, 1.807) is 0 Å². The number of fused-ring (bicyclic) bond motifs is 1. The maximum absolute atomic E-state index is 11.5. The summed E-state index contributed by atoms with van der Waals surface area (Å²) >= 11 is 1.84. The highest BCUT2D eigenvalue weighted by Gasteiger charge is 2.23. The summed E-state index contributed by atoms with van der Waals surface area (Å²) in [6.45, 7) is 5.92. The number of carbonyl (C=O) groups is 1. The van der Waals surface area contributed by atoms with Gasteiger partial charge in [-0.3, -0.25) is 9.36 Å². The summed E-state index contributed by atoms with van der Waals surface area (Å²) in [6, 6.07) is 1.84. The Hall–Kier alpha value is -2.41. The van der Waals surface area contributed by atoms with Gasteiger partial charge < -0.3 is 4.40 Å². The molecule has 4 heterocycles. The topological polar surface area (TPSA) is 65.1 Å². The van der Waals surface area contributed by atoms with Crippen molar-refractivity contribution in [2.75, 3.05) is 0 Å². The molecule has 0 bridgehead atoms. The van der Waals surface area contributed by atoms with Crippen LogP contribution in [0, 0.1) is 13.8 Å². The summed E-state index contributed by atoms with van der Waals surface area (Å²) in [4.78, 5) is 17.4. The second-order valence-corrected chi connectivity index (χ2v) is 7.39. The highest BCUT2D eigenvalue weighted by atomic mass is 32.2. The molecule has 3 aromatic heterocycles. The van der Waals surface area contributed by atoms with Crippen molar-refractivity contribution >= 4 is 23.7 Å². The SMILES string of the molecule is CC1=CCC(c2cnc3c(-n4c(C)nnc4C)cc(C=O)cn23)S1. The zero-order valence-corrected chi connectivity index (χ0v) is 14.5. The standard InChI is InChI=1S/C17H17N5OS/c1-10-4-5-16(24-10)15-7-18-17-14(6-13(9-23)8-21(15)17)22-11(2)19-20-12(22)3/h4,6-9,16H,5H2,1-3H3. The Morgan fingerprint density at radius 2 is 2.00 bits per heavy atom. The number of carbonyl (C=O) groups excluding carboxylic acids is 1. The second-order valence-electron chi connectivity index (χ2n) is 5.94. The first-order valence-corrected chi connectivity index (χ1v) is 8.65. The molecule has 1 atom stereocenters. The number of aromatic nitrogens is 5. The quantitative estimate of drug-likeness (QED) is 0.684. The van der Waals surface area contributed by atoms with Gasteiger partial charge in [0.25, 0.3) is 0 Å². The van der Waals surface area contributed by atoms with Crippen molar-refractivity contribution in [1.82, 2.24) is 24.1 Å². The van der Waals surface area contributed by atoms with Gasteiger partial charge in [-0.1, -0.05) is 6.08 Å². The third kappa shape index (κ3) is 2.27. The van der Waals surface area contributed by atoms with Crippen LogP contribution in [-0.4, -0.2) is 30.4 Å². The van der Waals surface area contributed by atoms with Gasteiger partial charge in [-0.2, -0.15) is 0 Å². The average molecular weight is 339 g/mol. The van der Waals surface area contributed by atoms with E-state index < -0.39 is 0 Å². The summed E-state index contributed by atoms with van der Waals surface area (Å²) in [5.74, 6) is 1.55. The molecule has 1 aliphatic heterocycles. The maximum Gasteiger partial charge on any atom is 0.161 e. The van der Waals surface area contributed by atoms with Gasteiger partial charge in [-0.25, -0.2) is 4.98 Å². The van der Waals surface area contributed by atoms with Crippen molar-refractivity contribution in [3.63, 3.8) is 0 Å². The molecule has 0 radical (unpaired) electrons. The molecule has 0 N–H and O–H groups in total. The normalized spacial score (nSPS) is 17.5. The molecule has 24 heavy (non-hydrogen) atoms. The van der Waals surface area contributed by atoms with E-state index in [0.717, 1.165) is 41.4 Å². The highest BCUT2D eigenvalue weighted by molar-refractivity contribution is 8.03. The lowest BCUT2D eigenvalue weighted by atomic mass is 10.2. The Morgan fingerprint density at radius 1 is 1.25 bits per heavy atom. The molecule has 4 rings (SSSR count). The molecule has 0 saturated carbocycles. The van der Waals surface area contributed by atoms with Crippen molar-refractivity contribution < 1.29 is 4.79 Å². The number of allylic oxidation sites excluding steroid dienone is 2. The van der Waals surface area contributed by atoms with E-state index in [9.17, 15) is 4.79 Å². The van der Waals surface area contributed by atoms with E-state index in [-0.39, 0.29) is 0 Å². The monoisotopic (exact) mass is 339 g/mol. The zero-order valence-electron chi connectivity index (χ0n) is 13.7. The van der Waals surface area contributed by atoms with Crippen LogP contribution in [0.3, 0.4) is 0 Å². The van der Waals surface area contributed by atoms with Crippen LogP contribution < -0.4 is 0 Å². The third-order valence-electron chi connectivity index (χ3n) is 4.28. The Balaban J connectivity index is 1.95. The number of nitrogens with zero attached hydrogens (tertiary/aromatic N) is 5. The minimum Gasteiger partial charge on any atom is -0.300 e. The molecule has 0 saturated heterocycles. The summed E-state index contributed by atoms with van der Waals surface area (Å²) in [5, 5.41) is 8.58. The Labute approximate surface area is 143 Å². The number of hydrogen-bond donors (Lipinski definition) is 0. The van der Waals surface area contributed by atoms with Gasteiger partial charge >= 0.3 is 0 Å². The van der Waals surface area contributed by atoms with Crippen LogP contribution in [-0.2, 0) is 0 Å². The van der Waals surface area contributed by atoms with Crippen LogP contribution >= 0.6 is 11.8 Å². The Bertz CT molecular complexity index is 965. The van der Waals surface area contributed by atoms with E-state index >= 15 is 0 Å². The molecule has 0 aliphatic carbocycles. The van der Waals surface area contributed by atoms with Crippen molar-refractivity contribution in [1.29, 1.82) is 0 Å². The van der Waals surface area contributed by atoms with Gasteiger partial charge in [0.05, 0.1) is 22.8 Å². The van der Waals surface area contributed by atoms with Crippen LogP contribution in [0.25, 0.3) is 11.3 Å². The molecule has 0 spiro atoms. The van der Waals surface area contributed by atoms with Gasteiger partial charge in [-0.15, -0.1) is 22.0 Å². The van der Waals surface area contributed by atoms with Crippen molar-refractivity contribution in [2.45, 2.75) is 32.4 Å². The largest absolute Gasteiger partial charge is 0.300 e. The number of thioether (sulfide) groups is 1. The lowest BCUT2D eigenvalue weighted by Crippen LogP contribution is -2.06. The van der Waals surface area contributed by atoms with Crippen molar-refractivity contribution in [3.05, 3.63) is 52.3 Å². The van der Waals surface area contributed by atoms with Crippen molar-refractivity contribution in [2.24, 2.45) is 0 Å². The van der Waals surface area contributed by atoms with Gasteiger partial charge in [0.15, 0.2) is 11.9 Å². The van der Waals surface area contributed by atoms with Crippen LogP contribution in [0.2, 0.25) is 0 Å². The minimum absolute atomic E-state index is 0.331. The van der Waals surface area contributed by atoms with E-state index in [1.165, 1.54) is 4.91 Å². The van der Waals surface area contributed by atoms with Crippen LogP contribution in [0.4, 0.5) is 0 Å². The molecule has 6 nitrogen and oxygen atoms in total. The van der Waals surface area contributed by atoms with Gasteiger partial charge in [0.1, 0.15) is 11.6 Å². The van der Waals surface area contributed by atoms with Gasteiger partial charge in [0, 0.05) is 11.8 Å². The number of hydrogen-bond acceptors (Lipinski definition) is 5. The van der Waals surface area contributed by atoms with E-state index in [0.29, 0.717) is 10.8 Å². The first-order valence-electron chi connectivity index (χ1n) is 7.77. The maximum atomic E-state index is 11.5. The minimum atomic E-state index is 0.331. The fraction of sp³-hybridized carbons (Fsp3) is 0.294. The molecule has 122 valence electrons. The van der Waals surface area contributed by atoms with Crippen molar-refractivity contribution in [3.8, 4) is 5.69 Å². The molecular weight excluding hydrogens is 322 g/mol. The zero-order chi connectivity index (χ0) is 16.8. The van der Waals surface area contributed by atoms with Crippen LogP contribution in [0.15, 0.2) is 29.4 Å². The fourth-order valence-corrected chi connectivity index (χ4v) is 4.30.